The first kappa shape index (κ1) is 21.8. The molecule has 5 aromatic rings. The van der Waals surface area contributed by atoms with Crippen LogP contribution in [-0.2, 0) is 26.4 Å². The molecule has 3 aromatic heterocycles. The Balaban J connectivity index is 1.63. The molecule has 0 aliphatic heterocycles. The maximum absolute atomic E-state index is 14.5. The van der Waals surface area contributed by atoms with E-state index in [2.05, 4.69) is 15.0 Å². The number of aromatic amines is 1. The Kier molecular flexibility index (Phi) is 5.40. The minimum Gasteiger partial charge on any atom is -0.309 e. The lowest BCUT2D eigenvalue weighted by molar-refractivity contribution is 0.593. The van der Waals surface area contributed by atoms with Crippen molar-refractivity contribution >= 4 is 33.8 Å². The van der Waals surface area contributed by atoms with Gasteiger partial charge in [0.25, 0.3) is 11.1 Å². The fraction of sp³-hybridized carbons (Fsp3) is 0.174. The molecule has 0 amide bonds. The lowest BCUT2D eigenvalue weighted by Gasteiger charge is -2.10. The summed E-state index contributed by atoms with van der Waals surface area (Å²) in [4.78, 5) is 49.7. The van der Waals surface area contributed by atoms with Crippen molar-refractivity contribution in [3.05, 3.63) is 96.9 Å². The normalized spacial score (nSPS) is 11.5. The minimum atomic E-state index is -0.522. The van der Waals surface area contributed by atoms with E-state index in [9.17, 15) is 18.8 Å². The van der Waals surface area contributed by atoms with Crippen molar-refractivity contribution < 1.29 is 4.39 Å². The van der Waals surface area contributed by atoms with Crippen LogP contribution >= 0.6 is 11.8 Å². The molecular weight excluding hydrogens is 459 g/mol. The maximum Gasteiger partial charge on any atom is 0.332 e. The SMILES string of the molecule is Cn1c(=O)c2c(nc(SCc3nc4ccccc4c(=O)[nH]3)n2Cc2ccccc2F)n(C)c1=O. The summed E-state index contributed by atoms with van der Waals surface area (Å²) in [6, 6.07) is 13.3. The standard InChI is InChI=1S/C23H19FN6O3S/c1-28-19-18(21(32)29(2)23(28)33)30(11-13-7-3-5-9-15(13)24)22(27-19)34-12-17-25-16-10-6-4-8-14(16)20(31)26-17/h3-10H,11-12H2,1-2H3,(H,25,26,31). The molecule has 0 atom stereocenters. The summed E-state index contributed by atoms with van der Waals surface area (Å²) in [6.45, 7) is 0.0423. The summed E-state index contributed by atoms with van der Waals surface area (Å²) in [7, 11) is 2.92. The average molecular weight is 479 g/mol. The second kappa shape index (κ2) is 8.41. The summed E-state index contributed by atoms with van der Waals surface area (Å²) < 4.78 is 18.3. The van der Waals surface area contributed by atoms with Crippen LogP contribution in [0.4, 0.5) is 4.39 Å². The molecule has 0 saturated carbocycles. The topological polar surface area (TPSA) is 108 Å². The monoisotopic (exact) mass is 478 g/mol. The summed E-state index contributed by atoms with van der Waals surface area (Å²) in [5.74, 6) is 0.261. The molecule has 9 nitrogen and oxygen atoms in total. The highest BCUT2D eigenvalue weighted by atomic mass is 32.2. The van der Waals surface area contributed by atoms with Gasteiger partial charge in [-0.15, -0.1) is 0 Å². The second-order valence-corrected chi connectivity index (χ2v) is 8.71. The molecule has 0 aliphatic carbocycles. The summed E-state index contributed by atoms with van der Waals surface area (Å²) in [5, 5.41) is 0.883. The smallest absolute Gasteiger partial charge is 0.309 e. The Morgan fingerprint density at radius 1 is 0.971 bits per heavy atom. The molecule has 5 rings (SSSR count). The molecule has 3 heterocycles. The third-order valence-corrected chi connectivity index (χ3v) is 6.59. The molecule has 1 N–H and O–H groups in total. The van der Waals surface area contributed by atoms with E-state index in [1.54, 1.807) is 47.0 Å². The van der Waals surface area contributed by atoms with Crippen LogP contribution in [0.2, 0.25) is 0 Å². The summed E-state index contributed by atoms with van der Waals surface area (Å²) >= 11 is 1.23. The first-order valence-electron chi connectivity index (χ1n) is 10.4. The number of aryl methyl sites for hydroxylation is 1. The Morgan fingerprint density at radius 3 is 2.50 bits per heavy atom. The number of benzene rings is 2. The largest absolute Gasteiger partial charge is 0.332 e. The van der Waals surface area contributed by atoms with E-state index in [0.29, 0.717) is 27.4 Å². The van der Waals surface area contributed by atoms with Crippen molar-refractivity contribution in [3.8, 4) is 0 Å². The van der Waals surface area contributed by atoms with E-state index in [1.165, 1.54) is 36.5 Å². The number of halogens is 1. The fourth-order valence-corrected chi connectivity index (χ4v) is 4.68. The number of nitrogens with one attached hydrogen (secondary N) is 1. The van der Waals surface area contributed by atoms with Crippen LogP contribution in [0, 0.1) is 5.82 Å². The third-order valence-electron chi connectivity index (χ3n) is 5.60. The molecular formula is C23H19FN6O3S. The van der Waals surface area contributed by atoms with E-state index in [4.69, 9.17) is 0 Å². The Labute approximate surface area is 195 Å². The number of nitrogens with zero attached hydrogens (tertiary/aromatic N) is 5. The number of imidazole rings is 1. The number of rotatable bonds is 5. The van der Waals surface area contributed by atoms with Crippen LogP contribution in [-0.4, -0.2) is 28.7 Å². The van der Waals surface area contributed by atoms with Gasteiger partial charge in [0.05, 0.1) is 23.2 Å². The predicted octanol–water partition coefficient (Wildman–Crippen LogP) is 2.15. The van der Waals surface area contributed by atoms with Gasteiger partial charge in [0.2, 0.25) is 0 Å². The lowest BCUT2D eigenvalue weighted by Crippen LogP contribution is -2.37. The highest BCUT2D eigenvalue weighted by molar-refractivity contribution is 7.98. The average Bonchev–Trinajstić information content (AvgIpc) is 3.20. The van der Waals surface area contributed by atoms with E-state index in [-0.39, 0.29) is 29.0 Å². The van der Waals surface area contributed by atoms with Crippen molar-refractivity contribution in [2.75, 3.05) is 0 Å². The molecule has 0 saturated heterocycles. The molecule has 34 heavy (non-hydrogen) atoms. The van der Waals surface area contributed by atoms with Gasteiger partial charge in [0, 0.05) is 19.7 Å². The number of aromatic nitrogens is 6. The van der Waals surface area contributed by atoms with Crippen molar-refractivity contribution in [2.45, 2.75) is 17.5 Å². The molecule has 0 aliphatic rings. The highest BCUT2D eigenvalue weighted by Gasteiger charge is 2.21. The number of hydrogen-bond acceptors (Lipinski definition) is 6. The van der Waals surface area contributed by atoms with Gasteiger partial charge in [-0.3, -0.25) is 18.7 Å². The van der Waals surface area contributed by atoms with Crippen LogP contribution in [0.15, 0.2) is 68.1 Å². The van der Waals surface area contributed by atoms with Gasteiger partial charge < -0.3 is 9.55 Å². The Morgan fingerprint density at radius 2 is 1.71 bits per heavy atom. The van der Waals surface area contributed by atoms with E-state index >= 15 is 0 Å². The van der Waals surface area contributed by atoms with Gasteiger partial charge >= 0.3 is 5.69 Å². The molecule has 2 aromatic carbocycles. The van der Waals surface area contributed by atoms with Crippen molar-refractivity contribution in [2.24, 2.45) is 14.1 Å². The van der Waals surface area contributed by atoms with Gasteiger partial charge in [0.1, 0.15) is 11.6 Å². The van der Waals surface area contributed by atoms with E-state index in [0.717, 1.165) is 4.57 Å². The lowest BCUT2D eigenvalue weighted by atomic mass is 10.2. The predicted molar refractivity (Wildman–Crippen MR) is 128 cm³/mol. The maximum atomic E-state index is 14.5. The number of para-hydroxylation sites is 1. The van der Waals surface area contributed by atoms with Crippen LogP contribution in [0.5, 0.6) is 0 Å². The Bertz CT molecular complexity index is 1750. The molecule has 0 unspecified atom stereocenters. The molecule has 0 radical (unpaired) electrons. The summed E-state index contributed by atoms with van der Waals surface area (Å²) in [5.41, 5.74) is 0.0467. The van der Waals surface area contributed by atoms with Gasteiger partial charge in [-0.1, -0.05) is 42.1 Å². The number of H-pyrrole nitrogens is 1. The van der Waals surface area contributed by atoms with Gasteiger partial charge in [-0.05, 0) is 18.2 Å². The van der Waals surface area contributed by atoms with Crippen molar-refractivity contribution in [1.82, 2.24) is 28.7 Å². The number of hydrogen-bond donors (Lipinski definition) is 1. The zero-order valence-electron chi connectivity index (χ0n) is 18.3. The molecule has 11 heteroatoms. The molecule has 0 bridgehead atoms. The van der Waals surface area contributed by atoms with Crippen LogP contribution in [0.3, 0.4) is 0 Å². The zero-order valence-corrected chi connectivity index (χ0v) is 19.1. The van der Waals surface area contributed by atoms with Gasteiger partial charge in [-0.25, -0.2) is 19.2 Å². The highest BCUT2D eigenvalue weighted by Crippen LogP contribution is 2.26. The first-order valence-corrected chi connectivity index (χ1v) is 11.3. The number of fused-ring (bicyclic) bond motifs is 2. The minimum absolute atomic E-state index is 0.0423. The van der Waals surface area contributed by atoms with Gasteiger partial charge in [0.15, 0.2) is 16.3 Å². The van der Waals surface area contributed by atoms with Crippen molar-refractivity contribution in [3.63, 3.8) is 0 Å². The van der Waals surface area contributed by atoms with Crippen LogP contribution in [0.25, 0.3) is 22.1 Å². The molecule has 172 valence electrons. The summed E-state index contributed by atoms with van der Waals surface area (Å²) in [6.07, 6.45) is 0. The zero-order chi connectivity index (χ0) is 24.0. The number of thioether (sulfide) groups is 1. The van der Waals surface area contributed by atoms with Crippen LogP contribution < -0.4 is 16.8 Å². The van der Waals surface area contributed by atoms with Crippen molar-refractivity contribution in [1.29, 1.82) is 0 Å². The quantitative estimate of drug-likeness (QED) is 0.388. The first-order chi connectivity index (χ1) is 16.3. The van der Waals surface area contributed by atoms with Crippen LogP contribution in [0.1, 0.15) is 11.4 Å². The third kappa shape index (κ3) is 3.63. The second-order valence-electron chi connectivity index (χ2n) is 7.77. The molecule has 0 fully saturated rings. The fourth-order valence-electron chi connectivity index (χ4n) is 3.82. The van der Waals surface area contributed by atoms with E-state index < -0.39 is 17.1 Å². The van der Waals surface area contributed by atoms with E-state index in [1.807, 2.05) is 0 Å². The molecule has 0 spiro atoms. The Hall–Kier alpha value is -3.99. The van der Waals surface area contributed by atoms with Gasteiger partial charge in [-0.2, -0.15) is 0 Å².